The predicted molar refractivity (Wildman–Crippen MR) is 78.7 cm³/mol. The Morgan fingerprint density at radius 1 is 1.44 bits per heavy atom. The number of rotatable bonds is 3. The van der Waals surface area contributed by atoms with E-state index in [4.69, 9.17) is 0 Å². The molecule has 3 heteroatoms. The normalized spacial score (nSPS) is 11.4. The number of aryl methyl sites for hydroxylation is 1. The summed E-state index contributed by atoms with van der Waals surface area (Å²) in [7, 11) is 1.92. The van der Waals surface area contributed by atoms with Gasteiger partial charge in [-0.15, -0.1) is 0 Å². The van der Waals surface area contributed by atoms with Crippen LogP contribution in [0.1, 0.15) is 44.5 Å². The lowest BCUT2D eigenvalue weighted by Gasteiger charge is -2.03. The van der Waals surface area contributed by atoms with Crippen molar-refractivity contribution < 1.29 is 4.48 Å². The van der Waals surface area contributed by atoms with Gasteiger partial charge in [-0.1, -0.05) is 36.2 Å². The SMILES string of the molecule is C=C(C)c1c(C)c(C(/C=C\C)=N/F)cn1C.CC. The molecule has 0 N–H and O–H groups in total. The first-order valence-corrected chi connectivity index (χ1v) is 6.16. The molecule has 1 rings (SSSR count). The minimum atomic E-state index is 0.350. The molecule has 0 atom stereocenters. The summed E-state index contributed by atoms with van der Waals surface area (Å²) in [5, 5.41) is 2.81. The fraction of sp³-hybridized carbons (Fsp3) is 0.400. The maximum Gasteiger partial charge on any atom is 0.105 e. The van der Waals surface area contributed by atoms with Crippen molar-refractivity contribution in [1.82, 2.24) is 4.57 Å². The Hall–Kier alpha value is -1.64. The Labute approximate surface area is 109 Å². The van der Waals surface area contributed by atoms with Crippen molar-refractivity contribution in [3.05, 3.63) is 41.7 Å². The molecule has 18 heavy (non-hydrogen) atoms. The average molecular weight is 250 g/mol. The van der Waals surface area contributed by atoms with Crippen molar-refractivity contribution in [2.45, 2.75) is 34.6 Å². The first-order chi connectivity index (χ1) is 8.52. The van der Waals surface area contributed by atoms with Crippen LogP contribution in [0, 0.1) is 6.92 Å². The van der Waals surface area contributed by atoms with E-state index in [1.54, 1.807) is 12.2 Å². The van der Waals surface area contributed by atoms with Crippen LogP contribution in [-0.2, 0) is 7.05 Å². The zero-order valence-electron chi connectivity index (χ0n) is 12.2. The van der Waals surface area contributed by atoms with E-state index in [-0.39, 0.29) is 0 Å². The molecule has 1 heterocycles. The number of hydrogen-bond donors (Lipinski definition) is 0. The highest BCUT2D eigenvalue weighted by atomic mass is 19.2. The molecule has 0 fully saturated rings. The molecule has 0 aliphatic heterocycles. The van der Waals surface area contributed by atoms with Gasteiger partial charge in [0, 0.05) is 24.5 Å². The van der Waals surface area contributed by atoms with Crippen LogP contribution in [0.3, 0.4) is 0 Å². The quantitative estimate of drug-likeness (QED) is 0.695. The van der Waals surface area contributed by atoms with Gasteiger partial charge >= 0.3 is 0 Å². The lowest BCUT2D eigenvalue weighted by atomic mass is 10.1. The molecule has 0 radical (unpaired) electrons. The van der Waals surface area contributed by atoms with Gasteiger partial charge in [0.25, 0.3) is 0 Å². The first-order valence-electron chi connectivity index (χ1n) is 6.16. The Morgan fingerprint density at radius 2 is 2.00 bits per heavy atom. The number of halogens is 1. The molecule has 0 aromatic carbocycles. The van der Waals surface area contributed by atoms with E-state index in [9.17, 15) is 4.48 Å². The topological polar surface area (TPSA) is 17.3 Å². The summed E-state index contributed by atoms with van der Waals surface area (Å²) >= 11 is 0. The van der Waals surface area contributed by atoms with E-state index in [1.807, 2.05) is 52.4 Å². The third kappa shape index (κ3) is 3.42. The summed E-state index contributed by atoms with van der Waals surface area (Å²) in [6.45, 7) is 13.6. The maximum atomic E-state index is 12.6. The van der Waals surface area contributed by atoms with Crippen LogP contribution < -0.4 is 0 Å². The molecule has 1 aromatic heterocycles. The number of allylic oxidation sites excluding steroid dienone is 3. The molecule has 0 aliphatic rings. The first kappa shape index (κ1) is 16.4. The smallest absolute Gasteiger partial charge is 0.105 e. The fourth-order valence-electron chi connectivity index (χ4n) is 1.95. The van der Waals surface area contributed by atoms with Gasteiger partial charge in [0.2, 0.25) is 0 Å². The zero-order chi connectivity index (χ0) is 14.3. The molecule has 1 aromatic rings. The maximum absolute atomic E-state index is 12.6. The van der Waals surface area contributed by atoms with Crippen molar-refractivity contribution in [2.24, 2.45) is 12.3 Å². The van der Waals surface area contributed by atoms with E-state index in [0.29, 0.717) is 5.71 Å². The third-order valence-electron chi connectivity index (χ3n) is 2.53. The van der Waals surface area contributed by atoms with Crippen molar-refractivity contribution in [3.8, 4) is 0 Å². The molecular weight excluding hydrogens is 227 g/mol. The molecule has 0 saturated heterocycles. The highest BCUT2D eigenvalue weighted by Crippen LogP contribution is 2.23. The number of nitrogens with zero attached hydrogens (tertiary/aromatic N) is 2. The molecule has 0 bridgehead atoms. The second-order valence-corrected chi connectivity index (χ2v) is 3.88. The van der Waals surface area contributed by atoms with E-state index >= 15 is 0 Å². The predicted octanol–water partition coefficient (Wildman–Crippen LogP) is 4.64. The van der Waals surface area contributed by atoms with Crippen LogP contribution in [0.25, 0.3) is 5.57 Å². The highest BCUT2D eigenvalue weighted by molar-refractivity contribution is 6.09. The third-order valence-corrected chi connectivity index (χ3v) is 2.53. The summed E-state index contributed by atoms with van der Waals surface area (Å²) in [6, 6.07) is 0. The van der Waals surface area contributed by atoms with Crippen LogP contribution in [0.15, 0.2) is 30.1 Å². The molecule has 2 nitrogen and oxygen atoms in total. The van der Waals surface area contributed by atoms with Gasteiger partial charge in [0.1, 0.15) is 5.71 Å². The monoisotopic (exact) mass is 250 g/mol. The van der Waals surface area contributed by atoms with Crippen molar-refractivity contribution in [1.29, 1.82) is 0 Å². The molecular formula is C15H23FN2. The Bertz CT molecular complexity index is 465. The van der Waals surface area contributed by atoms with E-state index in [0.717, 1.165) is 22.4 Å². The van der Waals surface area contributed by atoms with E-state index in [2.05, 4.69) is 11.8 Å². The Morgan fingerprint density at radius 3 is 2.33 bits per heavy atom. The summed E-state index contributed by atoms with van der Waals surface area (Å²) < 4.78 is 14.5. The highest BCUT2D eigenvalue weighted by Gasteiger charge is 2.13. The molecule has 0 amide bonds. The fourth-order valence-corrected chi connectivity index (χ4v) is 1.95. The summed E-state index contributed by atoms with van der Waals surface area (Å²) in [4.78, 5) is 0. The molecule has 0 saturated carbocycles. The van der Waals surface area contributed by atoms with E-state index in [1.165, 1.54) is 0 Å². The van der Waals surface area contributed by atoms with Crippen molar-refractivity contribution in [2.75, 3.05) is 0 Å². The molecule has 0 unspecified atom stereocenters. The van der Waals surface area contributed by atoms with Crippen molar-refractivity contribution >= 4 is 11.3 Å². The average Bonchev–Trinajstić information content (AvgIpc) is 2.64. The van der Waals surface area contributed by atoms with Crippen LogP contribution in [0.5, 0.6) is 0 Å². The lowest BCUT2D eigenvalue weighted by molar-refractivity contribution is 0.538. The van der Waals surface area contributed by atoms with Gasteiger partial charge in [-0.2, -0.15) is 0 Å². The van der Waals surface area contributed by atoms with E-state index < -0.39 is 0 Å². The summed E-state index contributed by atoms with van der Waals surface area (Å²) in [5.74, 6) is 0. The van der Waals surface area contributed by atoms with Crippen LogP contribution in [0.4, 0.5) is 4.48 Å². The molecule has 0 aliphatic carbocycles. The van der Waals surface area contributed by atoms with Crippen LogP contribution in [-0.4, -0.2) is 10.3 Å². The van der Waals surface area contributed by atoms with Gasteiger partial charge in [-0.3, -0.25) is 0 Å². The summed E-state index contributed by atoms with van der Waals surface area (Å²) in [6.07, 6.45) is 5.30. The minimum Gasteiger partial charge on any atom is -0.350 e. The van der Waals surface area contributed by atoms with Gasteiger partial charge in [0.15, 0.2) is 0 Å². The lowest BCUT2D eigenvalue weighted by Crippen LogP contribution is -1.96. The number of hydrogen-bond acceptors (Lipinski definition) is 1. The van der Waals surface area contributed by atoms with Crippen LogP contribution >= 0.6 is 0 Å². The van der Waals surface area contributed by atoms with Gasteiger partial charge < -0.3 is 4.57 Å². The van der Waals surface area contributed by atoms with Gasteiger partial charge in [0.05, 0.1) is 0 Å². The second kappa shape index (κ2) is 7.64. The Balaban J connectivity index is 0.00000137. The molecule has 0 spiro atoms. The largest absolute Gasteiger partial charge is 0.350 e. The summed E-state index contributed by atoms with van der Waals surface area (Å²) in [5.41, 5.74) is 4.15. The zero-order valence-corrected chi connectivity index (χ0v) is 12.2. The second-order valence-electron chi connectivity index (χ2n) is 3.88. The van der Waals surface area contributed by atoms with Crippen molar-refractivity contribution in [3.63, 3.8) is 0 Å². The van der Waals surface area contributed by atoms with Crippen LogP contribution in [0.2, 0.25) is 0 Å². The van der Waals surface area contributed by atoms with Gasteiger partial charge in [-0.05, 0) is 38.0 Å². The minimum absolute atomic E-state index is 0.350. The Kier molecular flexibility index (Phi) is 6.94. The standard InChI is InChI=1S/C13H17FN2.C2H6/c1-6-7-12(15-14)11-8-16(5)13(9(2)3)10(11)4;1-2/h6-8H,2H2,1,3-5H3;1-2H3/b7-6-,15-12+;. The molecule has 100 valence electrons. The van der Waals surface area contributed by atoms with Gasteiger partial charge in [-0.25, -0.2) is 0 Å². The number of aromatic nitrogens is 1.